The molecule has 80 valence electrons. The summed E-state index contributed by atoms with van der Waals surface area (Å²) in [7, 11) is 0. The predicted molar refractivity (Wildman–Crippen MR) is 60.8 cm³/mol. The number of fused-ring (bicyclic) bond motifs is 1. The van der Waals surface area contributed by atoms with Gasteiger partial charge in [0.15, 0.2) is 0 Å². The number of aliphatic carboxylic acids is 1. The Labute approximate surface area is 96.4 Å². The smallest absolute Gasteiger partial charge is 0.321 e. The molecule has 0 fully saturated rings. The van der Waals surface area contributed by atoms with Crippen LogP contribution >= 0.6 is 15.9 Å². The number of aryl methyl sites for hydroxylation is 1. The number of rotatable bonds is 2. The van der Waals surface area contributed by atoms with Crippen molar-refractivity contribution in [3.05, 3.63) is 33.8 Å². The number of hydrogen-bond acceptors (Lipinski definition) is 2. The molecule has 3 N–H and O–H groups in total. The van der Waals surface area contributed by atoms with Gasteiger partial charge < -0.3 is 10.8 Å². The summed E-state index contributed by atoms with van der Waals surface area (Å²) in [5, 5.41) is 8.90. The number of nitrogens with two attached hydrogens (primary N) is 1. The van der Waals surface area contributed by atoms with Crippen molar-refractivity contribution in [2.45, 2.75) is 24.8 Å². The molecule has 0 amide bonds. The Morgan fingerprint density at radius 3 is 3.00 bits per heavy atom. The third-order valence-electron chi connectivity index (χ3n) is 2.95. The summed E-state index contributed by atoms with van der Waals surface area (Å²) < 4.78 is 0.978. The van der Waals surface area contributed by atoms with Gasteiger partial charge in [-0.3, -0.25) is 4.79 Å². The predicted octanol–water partition coefficient (Wildman–Crippen LogP) is 1.89. The molecule has 0 bridgehead atoms. The van der Waals surface area contributed by atoms with E-state index in [1.165, 1.54) is 5.56 Å². The Morgan fingerprint density at radius 1 is 1.60 bits per heavy atom. The fourth-order valence-electron chi connectivity index (χ4n) is 2.15. The van der Waals surface area contributed by atoms with Crippen LogP contribution in [0.25, 0.3) is 0 Å². The number of benzene rings is 1. The molecular formula is C11H12BrNO2. The Kier molecular flexibility index (Phi) is 2.80. The maximum absolute atomic E-state index is 10.8. The van der Waals surface area contributed by atoms with Gasteiger partial charge >= 0.3 is 5.97 Å². The van der Waals surface area contributed by atoms with Crippen LogP contribution in [-0.4, -0.2) is 17.1 Å². The maximum Gasteiger partial charge on any atom is 0.321 e. The lowest BCUT2D eigenvalue weighted by atomic mass is 9.94. The highest BCUT2D eigenvalue weighted by Crippen LogP contribution is 2.36. The summed E-state index contributed by atoms with van der Waals surface area (Å²) in [6.45, 7) is 0. The van der Waals surface area contributed by atoms with Gasteiger partial charge in [-0.1, -0.05) is 22.0 Å². The van der Waals surface area contributed by atoms with Crippen molar-refractivity contribution in [3.63, 3.8) is 0 Å². The summed E-state index contributed by atoms with van der Waals surface area (Å²) in [6.07, 6.45) is 1.76. The lowest BCUT2D eigenvalue weighted by molar-refractivity contribution is -0.139. The van der Waals surface area contributed by atoms with Crippen LogP contribution in [0.4, 0.5) is 0 Å². The van der Waals surface area contributed by atoms with E-state index in [1.54, 1.807) is 0 Å². The quantitative estimate of drug-likeness (QED) is 0.862. The van der Waals surface area contributed by atoms with Crippen molar-refractivity contribution in [1.82, 2.24) is 0 Å². The van der Waals surface area contributed by atoms with Gasteiger partial charge in [0.05, 0.1) is 0 Å². The molecule has 2 rings (SSSR count). The summed E-state index contributed by atoms with van der Waals surface area (Å²) in [6, 6.07) is 5.21. The standard InChI is InChI=1S/C11H12BrNO2/c12-7-3-1-6-2-4-8(9(6)5-7)10(13)11(14)15/h1,3,5,8,10H,2,4,13H2,(H,14,15). The molecule has 2 atom stereocenters. The SMILES string of the molecule is NC(C(=O)O)C1CCc2ccc(Br)cc21. The van der Waals surface area contributed by atoms with Crippen LogP contribution in [0.3, 0.4) is 0 Å². The molecule has 1 aromatic carbocycles. The third-order valence-corrected chi connectivity index (χ3v) is 3.44. The van der Waals surface area contributed by atoms with E-state index in [-0.39, 0.29) is 5.92 Å². The molecule has 2 unspecified atom stereocenters. The van der Waals surface area contributed by atoms with E-state index < -0.39 is 12.0 Å². The van der Waals surface area contributed by atoms with E-state index in [4.69, 9.17) is 10.8 Å². The molecule has 1 aromatic rings. The number of carboxylic acid groups (broad SMARTS) is 1. The number of carbonyl (C=O) groups is 1. The fraction of sp³-hybridized carbons (Fsp3) is 0.364. The van der Waals surface area contributed by atoms with Gasteiger partial charge in [-0.25, -0.2) is 0 Å². The molecule has 15 heavy (non-hydrogen) atoms. The largest absolute Gasteiger partial charge is 0.480 e. The van der Waals surface area contributed by atoms with E-state index in [2.05, 4.69) is 15.9 Å². The second-order valence-corrected chi connectivity index (χ2v) is 4.77. The van der Waals surface area contributed by atoms with E-state index in [0.717, 1.165) is 22.9 Å². The van der Waals surface area contributed by atoms with Gasteiger partial charge in [0.2, 0.25) is 0 Å². The van der Waals surface area contributed by atoms with Crippen molar-refractivity contribution in [2.75, 3.05) is 0 Å². The Hall–Kier alpha value is -0.870. The van der Waals surface area contributed by atoms with Gasteiger partial charge in [-0.2, -0.15) is 0 Å². The van der Waals surface area contributed by atoms with Crippen molar-refractivity contribution in [1.29, 1.82) is 0 Å². The fourth-order valence-corrected chi connectivity index (χ4v) is 2.53. The second-order valence-electron chi connectivity index (χ2n) is 3.85. The molecule has 1 aliphatic carbocycles. The molecule has 0 aliphatic heterocycles. The zero-order valence-corrected chi connectivity index (χ0v) is 9.70. The normalized spacial score (nSPS) is 21.1. The first-order chi connectivity index (χ1) is 7.09. The van der Waals surface area contributed by atoms with E-state index >= 15 is 0 Å². The average molecular weight is 270 g/mol. The Bertz CT molecular complexity index is 406. The van der Waals surface area contributed by atoms with Gasteiger partial charge in [0.1, 0.15) is 6.04 Å². The molecule has 3 nitrogen and oxygen atoms in total. The van der Waals surface area contributed by atoms with Gasteiger partial charge in [0, 0.05) is 10.4 Å². The zero-order valence-electron chi connectivity index (χ0n) is 8.11. The molecule has 4 heteroatoms. The summed E-state index contributed by atoms with van der Waals surface area (Å²) >= 11 is 3.39. The zero-order chi connectivity index (χ0) is 11.0. The molecule has 0 spiro atoms. The van der Waals surface area contributed by atoms with Crippen molar-refractivity contribution in [2.24, 2.45) is 5.73 Å². The number of halogens is 1. The van der Waals surface area contributed by atoms with Crippen LogP contribution in [0.1, 0.15) is 23.5 Å². The first-order valence-corrected chi connectivity index (χ1v) is 5.65. The van der Waals surface area contributed by atoms with Crippen LogP contribution in [0.5, 0.6) is 0 Å². The van der Waals surface area contributed by atoms with Gasteiger partial charge in [-0.05, 0) is 36.1 Å². The highest BCUT2D eigenvalue weighted by Gasteiger charge is 2.31. The molecular weight excluding hydrogens is 258 g/mol. The average Bonchev–Trinajstić information content (AvgIpc) is 2.59. The van der Waals surface area contributed by atoms with Crippen molar-refractivity contribution < 1.29 is 9.90 Å². The molecule has 0 saturated heterocycles. The molecule has 0 heterocycles. The maximum atomic E-state index is 10.8. The minimum absolute atomic E-state index is 0.0463. The minimum Gasteiger partial charge on any atom is -0.480 e. The van der Waals surface area contributed by atoms with E-state index in [0.29, 0.717) is 0 Å². The van der Waals surface area contributed by atoms with Crippen LogP contribution in [0.15, 0.2) is 22.7 Å². The van der Waals surface area contributed by atoms with Crippen LogP contribution in [-0.2, 0) is 11.2 Å². The molecule has 0 aromatic heterocycles. The first-order valence-electron chi connectivity index (χ1n) is 4.86. The van der Waals surface area contributed by atoms with Gasteiger partial charge in [0.25, 0.3) is 0 Å². The second kappa shape index (κ2) is 3.94. The molecule has 1 aliphatic rings. The number of carboxylic acids is 1. The summed E-state index contributed by atoms with van der Waals surface area (Å²) in [5.41, 5.74) is 7.98. The van der Waals surface area contributed by atoms with Crippen LogP contribution in [0.2, 0.25) is 0 Å². The summed E-state index contributed by atoms with van der Waals surface area (Å²) in [5.74, 6) is -0.970. The molecule has 0 radical (unpaired) electrons. The van der Waals surface area contributed by atoms with Crippen molar-refractivity contribution in [3.8, 4) is 0 Å². The van der Waals surface area contributed by atoms with E-state index in [1.807, 2.05) is 18.2 Å². The Balaban J connectivity index is 2.35. The lowest BCUT2D eigenvalue weighted by Crippen LogP contribution is -2.35. The first kappa shape index (κ1) is 10.6. The monoisotopic (exact) mass is 269 g/mol. The highest BCUT2D eigenvalue weighted by molar-refractivity contribution is 9.10. The van der Waals surface area contributed by atoms with Gasteiger partial charge in [-0.15, -0.1) is 0 Å². The number of hydrogen-bond donors (Lipinski definition) is 2. The van der Waals surface area contributed by atoms with E-state index in [9.17, 15) is 4.79 Å². The van der Waals surface area contributed by atoms with Crippen LogP contribution in [0, 0.1) is 0 Å². The topological polar surface area (TPSA) is 63.3 Å². The molecule has 0 saturated carbocycles. The van der Waals surface area contributed by atoms with Crippen LogP contribution < -0.4 is 5.73 Å². The lowest BCUT2D eigenvalue weighted by Gasteiger charge is -2.16. The van der Waals surface area contributed by atoms with Crippen molar-refractivity contribution >= 4 is 21.9 Å². The highest BCUT2D eigenvalue weighted by atomic mass is 79.9. The third kappa shape index (κ3) is 1.92. The Morgan fingerprint density at radius 2 is 2.33 bits per heavy atom. The minimum atomic E-state index is -0.923. The summed E-state index contributed by atoms with van der Waals surface area (Å²) in [4.78, 5) is 10.8.